The molecule has 4 rings (SSSR count). The standard InChI is InChI=1S/C23H22FN3O6/c1-3-32-22(28)23(17-7-9-18(24)10-8-17)26-12-4-5-16(21(26)25-33-23)13-15-6-11-19(27(29)30)20(14-15)31-2/h6-11,13-14H,3-5,12H2,1-2H3. The summed E-state index contributed by atoms with van der Waals surface area (Å²) < 4.78 is 24.0. The van der Waals surface area contributed by atoms with Crippen LogP contribution >= 0.6 is 0 Å². The van der Waals surface area contributed by atoms with Gasteiger partial charge in [0.2, 0.25) is 0 Å². The molecule has 10 heteroatoms. The van der Waals surface area contributed by atoms with Crippen molar-refractivity contribution in [1.29, 1.82) is 0 Å². The number of nitro groups is 1. The number of nitro benzene ring substituents is 1. The Kier molecular flexibility index (Phi) is 5.99. The zero-order valence-electron chi connectivity index (χ0n) is 18.1. The van der Waals surface area contributed by atoms with Gasteiger partial charge >= 0.3 is 17.4 Å². The smallest absolute Gasteiger partial charge is 0.380 e. The number of methoxy groups -OCH3 is 1. The van der Waals surface area contributed by atoms with Crippen LogP contribution in [0.3, 0.4) is 0 Å². The molecule has 0 bridgehead atoms. The first-order chi connectivity index (χ1) is 15.9. The molecule has 2 aromatic carbocycles. The predicted octanol–water partition coefficient (Wildman–Crippen LogP) is 3.98. The number of benzene rings is 2. The normalized spacial score (nSPS) is 20.6. The van der Waals surface area contributed by atoms with Crippen LogP contribution < -0.4 is 4.74 Å². The average Bonchev–Trinajstić information content (AvgIpc) is 3.21. The minimum absolute atomic E-state index is 0.135. The van der Waals surface area contributed by atoms with E-state index in [0.29, 0.717) is 36.3 Å². The highest BCUT2D eigenvalue weighted by Gasteiger charge is 2.57. The Hall–Kier alpha value is -3.95. The molecule has 172 valence electrons. The molecule has 2 aliphatic heterocycles. The lowest BCUT2D eigenvalue weighted by Crippen LogP contribution is -2.54. The number of hydrogen-bond donors (Lipinski definition) is 0. The third-order valence-electron chi connectivity index (χ3n) is 5.54. The van der Waals surface area contributed by atoms with E-state index in [2.05, 4.69) is 5.16 Å². The number of carbonyl (C=O) groups excluding carboxylic acids is 1. The lowest BCUT2D eigenvalue weighted by molar-refractivity contribution is -0.385. The van der Waals surface area contributed by atoms with E-state index < -0.39 is 22.4 Å². The maximum absolute atomic E-state index is 13.6. The first-order valence-electron chi connectivity index (χ1n) is 10.4. The quantitative estimate of drug-likeness (QED) is 0.369. The summed E-state index contributed by atoms with van der Waals surface area (Å²) >= 11 is 0. The van der Waals surface area contributed by atoms with E-state index in [0.717, 1.165) is 5.57 Å². The van der Waals surface area contributed by atoms with Crippen LogP contribution in [0.1, 0.15) is 30.9 Å². The van der Waals surface area contributed by atoms with E-state index >= 15 is 0 Å². The van der Waals surface area contributed by atoms with Crippen LogP contribution in [-0.4, -0.2) is 41.9 Å². The van der Waals surface area contributed by atoms with Gasteiger partial charge in [-0.1, -0.05) is 5.16 Å². The monoisotopic (exact) mass is 455 g/mol. The topological polar surface area (TPSA) is 104 Å². The number of rotatable bonds is 6. The van der Waals surface area contributed by atoms with Crippen molar-refractivity contribution in [2.45, 2.75) is 25.5 Å². The highest BCUT2D eigenvalue weighted by atomic mass is 19.1. The third-order valence-corrected chi connectivity index (χ3v) is 5.54. The average molecular weight is 455 g/mol. The number of nitrogens with zero attached hydrogens (tertiary/aromatic N) is 3. The number of halogens is 1. The highest BCUT2D eigenvalue weighted by Crippen LogP contribution is 2.41. The number of oxime groups is 1. The van der Waals surface area contributed by atoms with Gasteiger partial charge in [0.15, 0.2) is 11.6 Å². The molecule has 2 aliphatic rings. The van der Waals surface area contributed by atoms with Gasteiger partial charge in [-0.05, 0) is 73.4 Å². The number of ether oxygens (including phenoxy) is 2. The van der Waals surface area contributed by atoms with Gasteiger partial charge in [-0.25, -0.2) is 9.18 Å². The Balaban J connectivity index is 1.73. The molecule has 0 aliphatic carbocycles. The van der Waals surface area contributed by atoms with Crippen molar-refractivity contribution >= 4 is 23.6 Å². The maximum Gasteiger partial charge on any atom is 0.380 e. The second-order valence-corrected chi connectivity index (χ2v) is 7.49. The Labute approximate surface area is 189 Å². The van der Waals surface area contributed by atoms with Gasteiger partial charge < -0.3 is 19.2 Å². The number of fused-ring (bicyclic) bond motifs is 1. The highest BCUT2D eigenvalue weighted by molar-refractivity contribution is 6.06. The molecule has 1 atom stereocenters. The van der Waals surface area contributed by atoms with Crippen molar-refractivity contribution in [1.82, 2.24) is 4.90 Å². The number of hydrogen-bond acceptors (Lipinski definition) is 8. The lowest BCUT2D eigenvalue weighted by Gasteiger charge is -2.37. The molecule has 0 aromatic heterocycles. The van der Waals surface area contributed by atoms with Crippen LogP contribution in [0, 0.1) is 15.9 Å². The summed E-state index contributed by atoms with van der Waals surface area (Å²) in [5.74, 6) is -0.494. The van der Waals surface area contributed by atoms with Crippen LogP contribution in [0.25, 0.3) is 6.08 Å². The number of carbonyl (C=O) groups is 1. The number of piperidine rings is 1. The molecular weight excluding hydrogens is 433 g/mol. The molecule has 0 saturated carbocycles. The summed E-state index contributed by atoms with van der Waals surface area (Å²) in [7, 11) is 1.37. The fraction of sp³-hybridized carbons (Fsp3) is 0.304. The zero-order chi connectivity index (χ0) is 23.6. The van der Waals surface area contributed by atoms with E-state index in [1.54, 1.807) is 24.0 Å². The largest absolute Gasteiger partial charge is 0.490 e. The Morgan fingerprint density at radius 2 is 2.09 bits per heavy atom. The van der Waals surface area contributed by atoms with E-state index in [4.69, 9.17) is 14.3 Å². The second-order valence-electron chi connectivity index (χ2n) is 7.49. The van der Waals surface area contributed by atoms with E-state index in [1.165, 1.54) is 37.4 Å². The van der Waals surface area contributed by atoms with Crippen molar-refractivity contribution in [2.75, 3.05) is 20.3 Å². The van der Waals surface area contributed by atoms with Crippen LogP contribution in [-0.2, 0) is 20.1 Å². The Bertz CT molecular complexity index is 1150. The number of amidine groups is 1. The molecule has 2 aromatic rings. The summed E-state index contributed by atoms with van der Waals surface area (Å²) in [6, 6.07) is 10.0. The summed E-state index contributed by atoms with van der Waals surface area (Å²) in [5, 5.41) is 15.4. The van der Waals surface area contributed by atoms with Crippen LogP contribution in [0.2, 0.25) is 0 Å². The molecular formula is C23H22FN3O6. The maximum atomic E-state index is 13.6. The van der Waals surface area contributed by atoms with Gasteiger partial charge in [0.25, 0.3) is 0 Å². The van der Waals surface area contributed by atoms with E-state index in [9.17, 15) is 19.3 Å². The van der Waals surface area contributed by atoms with Gasteiger partial charge in [-0.3, -0.25) is 10.1 Å². The molecule has 0 spiro atoms. The molecule has 1 saturated heterocycles. The summed E-state index contributed by atoms with van der Waals surface area (Å²) in [5.41, 5.74) is 0.0624. The van der Waals surface area contributed by atoms with Gasteiger partial charge in [0.05, 0.1) is 18.6 Å². The van der Waals surface area contributed by atoms with Crippen molar-refractivity contribution < 1.29 is 28.4 Å². The number of esters is 1. The fourth-order valence-corrected chi connectivity index (χ4v) is 4.04. The van der Waals surface area contributed by atoms with Gasteiger partial charge in [-0.15, -0.1) is 0 Å². The molecule has 0 radical (unpaired) electrons. The lowest BCUT2D eigenvalue weighted by atomic mass is 9.94. The minimum atomic E-state index is -1.66. The first kappa shape index (κ1) is 22.3. The summed E-state index contributed by atoms with van der Waals surface area (Å²) in [6.45, 7) is 2.30. The molecule has 9 nitrogen and oxygen atoms in total. The molecule has 2 heterocycles. The molecule has 0 amide bonds. The van der Waals surface area contributed by atoms with E-state index in [1.807, 2.05) is 6.08 Å². The Morgan fingerprint density at radius 3 is 2.76 bits per heavy atom. The van der Waals surface area contributed by atoms with Crippen LogP contribution in [0.4, 0.5) is 10.1 Å². The molecule has 1 unspecified atom stereocenters. The van der Waals surface area contributed by atoms with E-state index in [-0.39, 0.29) is 18.0 Å². The summed E-state index contributed by atoms with van der Waals surface area (Å²) in [6.07, 6.45) is 3.17. The molecule has 1 fully saturated rings. The third kappa shape index (κ3) is 3.88. The van der Waals surface area contributed by atoms with Crippen molar-refractivity contribution in [3.8, 4) is 5.75 Å². The zero-order valence-corrected chi connectivity index (χ0v) is 18.1. The fourth-order valence-electron chi connectivity index (χ4n) is 4.04. The van der Waals surface area contributed by atoms with Gasteiger partial charge in [0, 0.05) is 18.2 Å². The molecule has 0 N–H and O–H groups in total. The van der Waals surface area contributed by atoms with Crippen molar-refractivity contribution in [3.05, 3.63) is 75.1 Å². The van der Waals surface area contributed by atoms with Gasteiger partial charge in [0.1, 0.15) is 5.82 Å². The first-order valence-corrected chi connectivity index (χ1v) is 10.4. The van der Waals surface area contributed by atoms with Crippen LogP contribution in [0.15, 0.2) is 53.2 Å². The summed E-state index contributed by atoms with van der Waals surface area (Å²) in [4.78, 5) is 31.2. The second kappa shape index (κ2) is 8.89. The predicted molar refractivity (Wildman–Crippen MR) is 117 cm³/mol. The van der Waals surface area contributed by atoms with Crippen molar-refractivity contribution in [2.24, 2.45) is 5.16 Å². The Morgan fingerprint density at radius 1 is 1.33 bits per heavy atom. The molecule has 33 heavy (non-hydrogen) atoms. The van der Waals surface area contributed by atoms with Gasteiger partial charge in [-0.2, -0.15) is 0 Å². The van der Waals surface area contributed by atoms with Crippen LogP contribution in [0.5, 0.6) is 5.75 Å². The van der Waals surface area contributed by atoms with Crippen molar-refractivity contribution in [3.63, 3.8) is 0 Å². The minimum Gasteiger partial charge on any atom is -0.490 e. The SMILES string of the molecule is CCOC(=O)C1(c2ccc(F)cc2)ON=C2C(=Cc3ccc([N+](=O)[O-])c(OC)c3)CCCN21.